The Labute approximate surface area is 177 Å². The average molecular weight is 427 g/mol. The highest BCUT2D eigenvalue weighted by molar-refractivity contribution is 5.78. The van der Waals surface area contributed by atoms with Gasteiger partial charge in [-0.25, -0.2) is 18.2 Å². The number of aromatic nitrogens is 2. The summed E-state index contributed by atoms with van der Waals surface area (Å²) in [5, 5.41) is 2.61. The number of aryl methyl sites for hydroxylation is 2. The molecule has 1 aromatic heterocycles. The minimum Gasteiger partial charge on any atom is -0.487 e. The number of ether oxygens (including phenoxy) is 1. The predicted octanol–water partition coefficient (Wildman–Crippen LogP) is 3.84. The van der Waals surface area contributed by atoms with Gasteiger partial charge in [0.1, 0.15) is 29.3 Å². The fraction of sp³-hybridized carbons (Fsp3) is 0.261. The first-order chi connectivity index (χ1) is 14.8. The molecule has 31 heavy (non-hydrogen) atoms. The lowest BCUT2D eigenvalue weighted by atomic mass is 10.0. The summed E-state index contributed by atoms with van der Waals surface area (Å²) in [5.74, 6) is -2.13. The maximum atomic E-state index is 14.4. The summed E-state index contributed by atoms with van der Waals surface area (Å²) in [6.07, 6.45) is 0.954. The zero-order valence-corrected chi connectivity index (χ0v) is 17.0. The molecule has 0 fully saturated rings. The molecule has 160 valence electrons. The van der Waals surface area contributed by atoms with Crippen LogP contribution in [0.4, 0.5) is 13.2 Å². The van der Waals surface area contributed by atoms with E-state index in [1.807, 2.05) is 13.8 Å². The molecule has 0 spiro atoms. The van der Waals surface area contributed by atoms with Crippen molar-refractivity contribution >= 4 is 5.91 Å². The molecular formula is C23H20F3N3O2. The Balaban J connectivity index is 1.48. The topological polar surface area (TPSA) is 64.1 Å². The molecule has 4 rings (SSSR count). The van der Waals surface area contributed by atoms with Crippen molar-refractivity contribution < 1.29 is 22.7 Å². The van der Waals surface area contributed by atoms with E-state index in [2.05, 4.69) is 15.3 Å². The summed E-state index contributed by atoms with van der Waals surface area (Å²) in [6, 6.07) is 6.41. The zero-order valence-electron chi connectivity index (χ0n) is 17.0. The van der Waals surface area contributed by atoms with Gasteiger partial charge in [-0.3, -0.25) is 9.78 Å². The van der Waals surface area contributed by atoms with Gasteiger partial charge in [-0.1, -0.05) is 6.07 Å². The van der Waals surface area contributed by atoms with E-state index in [4.69, 9.17) is 4.74 Å². The Morgan fingerprint density at radius 1 is 1.13 bits per heavy atom. The molecule has 0 bridgehead atoms. The van der Waals surface area contributed by atoms with Gasteiger partial charge in [-0.05, 0) is 38.1 Å². The van der Waals surface area contributed by atoms with E-state index in [1.165, 1.54) is 12.1 Å². The van der Waals surface area contributed by atoms with Crippen molar-refractivity contribution in [3.8, 4) is 17.0 Å². The van der Waals surface area contributed by atoms with Crippen molar-refractivity contribution in [2.75, 3.05) is 6.54 Å². The van der Waals surface area contributed by atoms with Gasteiger partial charge in [-0.15, -0.1) is 0 Å². The highest BCUT2D eigenvalue weighted by Crippen LogP contribution is 2.40. The van der Waals surface area contributed by atoms with Crippen LogP contribution >= 0.6 is 0 Å². The van der Waals surface area contributed by atoms with Gasteiger partial charge in [0.2, 0.25) is 5.91 Å². The van der Waals surface area contributed by atoms with Gasteiger partial charge in [0.05, 0.1) is 30.0 Å². The van der Waals surface area contributed by atoms with Crippen molar-refractivity contribution in [3.05, 3.63) is 76.5 Å². The molecule has 0 radical (unpaired) electrons. The number of amides is 1. The summed E-state index contributed by atoms with van der Waals surface area (Å²) >= 11 is 0. The van der Waals surface area contributed by atoms with E-state index in [9.17, 15) is 18.0 Å². The Morgan fingerprint density at radius 3 is 2.61 bits per heavy atom. The van der Waals surface area contributed by atoms with Crippen molar-refractivity contribution in [1.29, 1.82) is 0 Å². The van der Waals surface area contributed by atoms with Gasteiger partial charge in [0.25, 0.3) is 0 Å². The fourth-order valence-corrected chi connectivity index (χ4v) is 3.61. The monoisotopic (exact) mass is 427 g/mol. The number of rotatable bonds is 5. The van der Waals surface area contributed by atoms with Crippen LogP contribution in [0.3, 0.4) is 0 Å². The molecule has 0 saturated carbocycles. The summed E-state index contributed by atoms with van der Waals surface area (Å²) in [4.78, 5) is 21.0. The molecule has 0 aliphatic carbocycles. The third kappa shape index (κ3) is 4.23. The molecule has 1 aliphatic rings. The molecule has 3 aromatic rings. The standard InChI is InChI=1S/C23H20F3N3O2/c1-12-10-27-13(2)22(29-12)15-6-7-20(26)17-8-14(31-23(15)17)11-28-21(30)9-16-18(24)4-3-5-19(16)25/h3-7,10,14H,8-9,11H2,1-2H3,(H,28,30). The lowest BCUT2D eigenvalue weighted by Gasteiger charge is -2.14. The Bertz CT molecular complexity index is 1150. The Hall–Kier alpha value is -3.42. The molecule has 0 saturated heterocycles. The van der Waals surface area contributed by atoms with Gasteiger partial charge in [-0.2, -0.15) is 0 Å². The SMILES string of the molecule is Cc1cnc(C)c(-c2ccc(F)c3c2OC(CNC(=O)Cc2c(F)cccc2F)C3)n1. The zero-order chi connectivity index (χ0) is 22.1. The molecule has 1 amide bonds. The number of hydrogen-bond donors (Lipinski definition) is 1. The minimum atomic E-state index is -0.777. The second kappa shape index (κ2) is 8.37. The van der Waals surface area contributed by atoms with E-state index < -0.39 is 35.9 Å². The molecule has 5 nitrogen and oxygen atoms in total. The van der Waals surface area contributed by atoms with E-state index in [0.717, 1.165) is 17.8 Å². The highest BCUT2D eigenvalue weighted by atomic mass is 19.1. The molecule has 2 heterocycles. The second-order valence-corrected chi connectivity index (χ2v) is 7.47. The lowest BCUT2D eigenvalue weighted by molar-refractivity contribution is -0.120. The van der Waals surface area contributed by atoms with Crippen LogP contribution in [0.2, 0.25) is 0 Å². The summed E-state index contributed by atoms with van der Waals surface area (Å²) in [6.45, 7) is 3.70. The Morgan fingerprint density at radius 2 is 1.87 bits per heavy atom. The summed E-state index contributed by atoms with van der Waals surface area (Å²) in [5.41, 5.74) is 2.76. The van der Waals surface area contributed by atoms with Gasteiger partial charge >= 0.3 is 0 Å². The molecular weight excluding hydrogens is 407 g/mol. The van der Waals surface area contributed by atoms with Gasteiger partial charge < -0.3 is 10.1 Å². The Kier molecular flexibility index (Phi) is 5.63. The number of hydrogen-bond acceptors (Lipinski definition) is 4. The quantitative estimate of drug-likeness (QED) is 0.672. The van der Waals surface area contributed by atoms with Crippen LogP contribution in [0, 0.1) is 31.3 Å². The van der Waals surface area contributed by atoms with E-state index in [1.54, 1.807) is 12.3 Å². The van der Waals surface area contributed by atoms with Crippen LogP contribution in [0.15, 0.2) is 36.5 Å². The number of fused-ring (bicyclic) bond motifs is 1. The summed E-state index contributed by atoms with van der Waals surface area (Å²) in [7, 11) is 0. The first-order valence-corrected chi connectivity index (χ1v) is 9.81. The molecule has 8 heteroatoms. The van der Waals surface area contributed by atoms with Crippen LogP contribution in [0.25, 0.3) is 11.3 Å². The number of nitrogens with one attached hydrogen (secondary N) is 1. The molecule has 1 atom stereocenters. The third-order valence-corrected chi connectivity index (χ3v) is 5.18. The molecule has 1 N–H and O–H groups in total. The normalized spacial score (nSPS) is 14.8. The number of benzene rings is 2. The minimum absolute atomic E-state index is 0.0704. The van der Waals surface area contributed by atoms with E-state index in [-0.39, 0.29) is 18.5 Å². The van der Waals surface area contributed by atoms with Crippen molar-refractivity contribution in [1.82, 2.24) is 15.3 Å². The van der Waals surface area contributed by atoms with Crippen LogP contribution in [0.1, 0.15) is 22.5 Å². The number of carbonyl (C=O) groups excluding carboxylic acids is 1. The number of halogens is 3. The van der Waals surface area contributed by atoms with Crippen LogP contribution in [-0.2, 0) is 17.6 Å². The lowest BCUT2D eigenvalue weighted by Crippen LogP contribution is -2.35. The van der Waals surface area contributed by atoms with Gasteiger partial charge in [0.15, 0.2) is 0 Å². The van der Waals surface area contributed by atoms with E-state index >= 15 is 0 Å². The maximum absolute atomic E-state index is 14.4. The molecule has 2 aromatic carbocycles. The first kappa shape index (κ1) is 20.8. The largest absolute Gasteiger partial charge is 0.487 e. The van der Waals surface area contributed by atoms with Crippen LogP contribution in [-0.4, -0.2) is 28.5 Å². The number of nitrogens with zero attached hydrogens (tertiary/aromatic N) is 2. The number of carbonyl (C=O) groups is 1. The van der Waals surface area contributed by atoms with Crippen LogP contribution < -0.4 is 10.1 Å². The summed E-state index contributed by atoms with van der Waals surface area (Å²) < 4.78 is 47.9. The van der Waals surface area contributed by atoms with Gasteiger partial charge in [0, 0.05) is 29.3 Å². The smallest absolute Gasteiger partial charge is 0.224 e. The first-order valence-electron chi connectivity index (χ1n) is 9.81. The van der Waals surface area contributed by atoms with Crippen molar-refractivity contribution in [3.63, 3.8) is 0 Å². The van der Waals surface area contributed by atoms with Crippen molar-refractivity contribution in [2.45, 2.75) is 32.8 Å². The predicted molar refractivity (Wildman–Crippen MR) is 108 cm³/mol. The molecule has 1 unspecified atom stereocenters. The van der Waals surface area contributed by atoms with Crippen molar-refractivity contribution in [2.24, 2.45) is 0 Å². The average Bonchev–Trinajstić information content (AvgIpc) is 3.17. The second-order valence-electron chi connectivity index (χ2n) is 7.47. The van der Waals surface area contributed by atoms with Crippen LogP contribution in [0.5, 0.6) is 5.75 Å². The third-order valence-electron chi connectivity index (χ3n) is 5.18. The van der Waals surface area contributed by atoms with E-state index in [0.29, 0.717) is 28.3 Å². The fourth-order valence-electron chi connectivity index (χ4n) is 3.61. The highest BCUT2D eigenvalue weighted by Gasteiger charge is 2.30. The molecule has 1 aliphatic heterocycles. The maximum Gasteiger partial charge on any atom is 0.224 e.